The summed E-state index contributed by atoms with van der Waals surface area (Å²) in [6.07, 6.45) is 2.96. The van der Waals surface area contributed by atoms with E-state index < -0.39 is 0 Å². The number of nitrogens with zero attached hydrogens (tertiary/aromatic N) is 3. The van der Waals surface area contributed by atoms with Crippen LogP contribution in [0.3, 0.4) is 0 Å². The summed E-state index contributed by atoms with van der Waals surface area (Å²) in [5.74, 6) is -0.262. The molecule has 19 heavy (non-hydrogen) atoms. The number of halogens is 2. The topological polar surface area (TPSA) is 42.7 Å². The summed E-state index contributed by atoms with van der Waals surface area (Å²) in [6, 6.07) is 4.98. The van der Waals surface area contributed by atoms with E-state index in [9.17, 15) is 4.39 Å². The smallest absolute Gasteiger partial charge is 0.137 e. The molecule has 0 aliphatic carbocycles. The first-order chi connectivity index (χ1) is 9.20. The standard InChI is InChI=1S/C13H16BrFN4/c1-2-6-16-7-11-9-19(18-17-11)8-10-4-3-5-12(15)13(10)14/h3-5,9,16H,2,6-8H2,1H3. The molecule has 0 radical (unpaired) electrons. The molecule has 2 rings (SSSR count). The Balaban J connectivity index is 2.01. The van der Waals surface area contributed by atoms with E-state index in [0.29, 0.717) is 17.6 Å². The minimum Gasteiger partial charge on any atom is -0.311 e. The quantitative estimate of drug-likeness (QED) is 0.830. The molecule has 1 heterocycles. The molecule has 2 aromatic rings. The summed E-state index contributed by atoms with van der Waals surface area (Å²) in [7, 11) is 0. The van der Waals surface area contributed by atoms with Gasteiger partial charge in [-0.1, -0.05) is 24.3 Å². The van der Waals surface area contributed by atoms with Crippen LogP contribution in [0.2, 0.25) is 0 Å². The van der Waals surface area contributed by atoms with Gasteiger partial charge in [0, 0.05) is 6.54 Å². The van der Waals surface area contributed by atoms with Gasteiger partial charge in [0.25, 0.3) is 0 Å². The van der Waals surface area contributed by atoms with Gasteiger partial charge in [0.15, 0.2) is 0 Å². The summed E-state index contributed by atoms with van der Waals surface area (Å²) in [6.45, 7) is 4.28. The van der Waals surface area contributed by atoms with Crippen LogP contribution in [-0.2, 0) is 13.1 Å². The average Bonchev–Trinajstić information content (AvgIpc) is 2.83. The maximum Gasteiger partial charge on any atom is 0.137 e. The van der Waals surface area contributed by atoms with Crippen molar-refractivity contribution in [3.05, 3.63) is 45.9 Å². The maximum absolute atomic E-state index is 13.4. The third kappa shape index (κ3) is 3.84. The normalized spacial score (nSPS) is 10.9. The third-order valence-electron chi connectivity index (χ3n) is 2.68. The van der Waals surface area contributed by atoms with E-state index in [0.717, 1.165) is 24.2 Å². The van der Waals surface area contributed by atoms with Gasteiger partial charge < -0.3 is 5.32 Å². The highest BCUT2D eigenvalue weighted by Crippen LogP contribution is 2.20. The molecule has 0 fully saturated rings. The first-order valence-corrected chi connectivity index (χ1v) is 7.02. The zero-order valence-electron chi connectivity index (χ0n) is 10.7. The van der Waals surface area contributed by atoms with Crippen LogP contribution in [0.15, 0.2) is 28.9 Å². The van der Waals surface area contributed by atoms with Gasteiger partial charge in [-0.15, -0.1) is 5.10 Å². The molecule has 102 valence electrons. The Morgan fingerprint density at radius 3 is 3.05 bits per heavy atom. The van der Waals surface area contributed by atoms with E-state index in [2.05, 4.69) is 38.5 Å². The summed E-state index contributed by atoms with van der Waals surface area (Å²) < 4.78 is 15.6. The molecule has 1 N–H and O–H groups in total. The van der Waals surface area contributed by atoms with Crippen LogP contribution in [0.5, 0.6) is 0 Å². The highest BCUT2D eigenvalue weighted by molar-refractivity contribution is 9.10. The van der Waals surface area contributed by atoms with Crippen molar-refractivity contribution < 1.29 is 4.39 Å². The molecule has 0 saturated carbocycles. The van der Waals surface area contributed by atoms with Crippen molar-refractivity contribution in [1.82, 2.24) is 20.3 Å². The minimum atomic E-state index is -0.262. The first-order valence-electron chi connectivity index (χ1n) is 6.23. The molecular formula is C13H16BrFN4. The highest BCUT2D eigenvalue weighted by atomic mass is 79.9. The van der Waals surface area contributed by atoms with Crippen molar-refractivity contribution in [3.63, 3.8) is 0 Å². The van der Waals surface area contributed by atoms with Crippen LogP contribution in [0.4, 0.5) is 4.39 Å². The van der Waals surface area contributed by atoms with Gasteiger partial charge >= 0.3 is 0 Å². The third-order valence-corrected chi connectivity index (χ3v) is 3.57. The lowest BCUT2D eigenvalue weighted by Crippen LogP contribution is -2.13. The van der Waals surface area contributed by atoms with Crippen LogP contribution in [-0.4, -0.2) is 21.5 Å². The van der Waals surface area contributed by atoms with Crippen molar-refractivity contribution in [1.29, 1.82) is 0 Å². The molecule has 0 bridgehead atoms. The zero-order valence-corrected chi connectivity index (χ0v) is 12.3. The lowest BCUT2D eigenvalue weighted by atomic mass is 10.2. The van der Waals surface area contributed by atoms with Crippen molar-refractivity contribution in [2.75, 3.05) is 6.54 Å². The predicted octanol–water partition coefficient (Wildman–Crippen LogP) is 2.73. The van der Waals surface area contributed by atoms with Crippen LogP contribution >= 0.6 is 15.9 Å². The second-order valence-corrected chi connectivity index (χ2v) is 5.09. The summed E-state index contributed by atoms with van der Waals surface area (Å²) >= 11 is 3.25. The summed E-state index contributed by atoms with van der Waals surface area (Å²) in [4.78, 5) is 0. The monoisotopic (exact) mass is 326 g/mol. The SMILES string of the molecule is CCCNCc1cn(Cc2cccc(F)c2Br)nn1. The van der Waals surface area contributed by atoms with Gasteiger partial charge in [-0.25, -0.2) is 9.07 Å². The Labute approximate surface area is 120 Å². The Bertz CT molecular complexity index is 541. The van der Waals surface area contributed by atoms with E-state index in [1.165, 1.54) is 6.07 Å². The van der Waals surface area contributed by atoms with Crippen molar-refractivity contribution in [3.8, 4) is 0 Å². The molecule has 1 aromatic heterocycles. The number of aromatic nitrogens is 3. The van der Waals surface area contributed by atoms with E-state index in [-0.39, 0.29) is 5.82 Å². The van der Waals surface area contributed by atoms with E-state index >= 15 is 0 Å². The maximum atomic E-state index is 13.4. The van der Waals surface area contributed by atoms with Gasteiger partial charge in [-0.3, -0.25) is 0 Å². The molecule has 0 aliphatic rings. The molecule has 0 atom stereocenters. The van der Waals surface area contributed by atoms with E-state index in [1.807, 2.05) is 12.3 Å². The van der Waals surface area contributed by atoms with Crippen molar-refractivity contribution in [2.45, 2.75) is 26.4 Å². The Morgan fingerprint density at radius 1 is 1.42 bits per heavy atom. The molecule has 1 aromatic carbocycles. The van der Waals surface area contributed by atoms with Gasteiger partial charge in [0.1, 0.15) is 5.82 Å². The number of hydrogen-bond donors (Lipinski definition) is 1. The molecular weight excluding hydrogens is 311 g/mol. The van der Waals surface area contributed by atoms with E-state index in [4.69, 9.17) is 0 Å². The Morgan fingerprint density at radius 2 is 2.26 bits per heavy atom. The number of hydrogen-bond acceptors (Lipinski definition) is 3. The summed E-state index contributed by atoms with van der Waals surface area (Å²) in [5, 5.41) is 11.4. The number of rotatable bonds is 6. The molecule has 0 aliphatic heterocycles. The van der Waals surface area contributed by atoms with Crippen molar-refractivity contribution in [2.24, 2.45) is 0 Å². The fourth-order valence-electron chi connectivity index (χ4n) is 1.74. The fourth-order valence-corrected chi connectivity index (χ4v) is 2.12. The Kier molecular flexibility index (Phi) is 5.04. The van der Waals surface area contributed by atoms with Gasteiger partial charge in [0.2, 0.25) is 0 Å². The molecule has 0 amide bonds. The molecule has 4 nitrogen and oxygen atoms in total. The highest BCUT2D eigenvalue weighted by Gasteiger charge is 2.07. The molecule has 0 spiro atoms. The fraction of sp³-hybridized carbons (Fsp3) is 0.385. The molecule has 0 saturated heterocycles. The Hall–Kier alpha value is -1.27. The zero-order chi connectivity index (χ0) is 13.7. The lowest BCUT2D eigenvalue weighted by molar-refractivity contribution is 0.606. The minimum absolute atomic E-state index is 0.262. The largest absolute Gasteiger partial charge is 0.311 e. The van der Waals surface area contributed by atoms with Gasteiger partial charge in [-0.05, 0) is 40.5 Å². The first kappa shape index (κ1) is 14.1. The van der Waals surface area contributed by atoms with Gasteiger partial charge in [-0.2, -0.15) is 0 Å². The van der Waals surface area contributed by atoms with Crippen LogP contribution < -0.4 is 5.32 Å². The average molecular weight is 327 g/mol. The molecule has 0 unspecified atom stereocenters. The van der Waals surface area contributed by atoms with Crippen LogP contribution in [0.25, 0.3) is 0 Å². The van der Waals surface area contributed by atoms with Crippen LogP contribution in [0, 0.1) is 5.82 Å². The second kappa shape index (κ2) is 6.77. The summed E-state index contributed by atoms with van der Waals surface area (Å²) in [5.41, 5.74) is 1.74. The van der Waals surface area contributed by atoms with E-state index in [1.54, 1.807) is 10.7 Å². The number of nitrogens with one attached hydrogen (secondary N) is 1. The van der Waals surface area contributed by atoms with Gasteiger partial charge in [0.05, 0.1) is 22.9 Å². The second-order valence-electron chi connectivity index (χ2n) is 4.30. The van der Waals surface area contributed by atoms with Crippen molar-refractivity contribution >= 4 is 15.9 Å². The predicted molar refractivity (Wildman–Crippen MR) is 75.2 cm³/mol. The number of benzene rings is 1. The molecule has 6 heteroatoms. The lowest BCUT2D eigenvalue weighted by Gasteiger charge is -2.04. The van der Waals surface area contributed by atoms with Crippen LogP contribution in [0.1, 0.15) is 24.6 Å².